The monoisotopic (exact) mass is 651 g/mol. The number of likely N-dealkylation sites (N-methyl/N-ethyl adjacent to an activating group) is 1. The van der Waals surface area contributed by atoms with Crippen LogP contribution in [0.5, 0.6) is 0 Å². The highest BCUT2D eigenvalue weighted by molar-refractivity contribution is 6.42. The molecule has 0 spiro atoms. The second-order valence-corrected chi connectivity index (χ2v) is 14.1. The largest absolute Gasteiger partial charge is 0.342 e. The van der Waals surface area contributed by atoms with E-state index in [1.807, 2.05) is 61.6 Å². The Bertz CT molecular complexity index is 1500. The number of likely N-dealkylation sites (tertiary alicyclic amines) is 2. The lowest BCUT2D eigenvalue weighted by atomic mass is 9.71. The number of halogens is 3. The van der Waals surface area contributed by atoms with Crippen LogP contribution in [-0.4, -0.2) is 66.3 Å². The van der Waals surface area contributed by atoms with Crippen molar-refractivity contribution in [2.24, 2.45) is 5.92 Å². The number of amides is 2. The summed E-state index contributed by atoms with van der Waals surface area (Å²) in [5.74, 6) is 0.482. The third-order valence-corrected chi connectivity index (χ3v) is 11.3. The molecule has 0 aromatic heterocycles. The number of carbonyl (C=O) groups excluding carboxylic acids is 2. The molecule has 2 aliphatic heterocycles. The Labute approximate surface area is 276 Å². The smallest absolute Gasteiger partial charge is 0.233 e. The van der Waals surface area contributed by atoms with Gasteiger partial charge >= 0.3 is 0 Å². The maximum absolute atomic E-state index is 14.3. The van der Waals surface area contributed by atoms with Gasteiger partial charge in [-0.3, -0.25) is 9.59 Å². The molecular formula is C36H40Cl3N3O2. The minimum atomic E-state index is -0.679. The van der Waals surface area contributed by atoms with E-state index in [0.29, 0.717) is 21.6 Å². The highest BCUT2D eigenvalue weighted by atomic mass is 35.5. The number of hydrogen-bond acceptors (Lipinski definition) is 3. The molecule has 0 bridgehead atoms. The lowest BCUT2D eigenvalue weighted by Crippen LogP contribution is -2.54. The van der Waals surface area contributed by atoms with Crippen molar-refractivity contribution < 1.29 is 9.59 Å². The Hall–Kier alpha value is -2.57. The van der Waals surface area contributed by atoms with Crippen molar-refractivity contribution >= 4 is 46.6 Å². The summed E-state index contributed by atoms with van der Waals surface area (Å²) in [6.45, 7) is 4.55. The van der Waals surface area contributed by atoms with Gasteiger partial charge in [0.05, 0.1) is 20.9 Å². The van der Waals surface area contributed by atoms with E-state index in [1.54, 1.807) is 11.0 Å². The molecule has 3 aromatic carbocycles. The van der Waals surface area contributed by atoms with Gasteiger partial charge in [0.25, 0.3) is 0 Å². The molecule has 2 saturated heterocycles. The lowest BCUT2D eigenvalue weighted by molar-refractivity contribution is -0.140. The average molecular weight is 653 g/mol. The first-order valence-corrected chi connectivity index (χ1v) is 16.9. The van der Waals surface area contributed by atoms with Gasteiger partial charge in [0.1, 0.15) is 0 Å². The molecule has 232 valence electrons. The highest BCUT2D eigenvalue weighted by Gasteiger charge is 2.62. The van der Waals surface area contributed by atoms with Crippen LogP contribution in [0.3, 0.4) is 0 Å². The third-order valence-electron chi connectivity index (χ3n) is 10.2. The van der Waals surface area contributed by atoms with Crippen LogP contribution in [0.25, 0.3) is 0 Å². The molecule has 2 heterocycles. The Kier molecular flexibility index (Phi) is 9.31. The number of nitrogens with zero attached hydrogens (tertiary/aromatic N) is 3. The molecule has 0 unspecified atom stereocenters. The van der Waals surface area contributed by atoms with Crippen molar-refractivity contribution in [2.45, 2.75) is 55.9 Å². The van der Waals surface area contributed by atoms with Crippen molar-refractivity contribution in [2.75, 3.05) is 39.8 Å². The van der Waals surface area contributed by atoms with E-state index in [0.717, 1.165) is 81.5 Å². The van der Waals surface area contributed by atoms with E-state index < -0.39 is 10.8 Å². The van der Waals surface area contributed by atoms with E-state index in [9.17, 15) is 9.59 Å². The lowest BCUT2D eigenvalue weighted by Gasteiger charge is -2.44. The Balaban J connectivity index is 1.21. The molecule has 5 nitrogen and oxygen atoms in total. The van der Waals surface area contributed by atoms with E-state index in [4.69, 9.17) is 34.8 Å². The Morgan fingerprint density at radius 2 is 1.48 bits per heavy atom. The molecule has 3 aliphatic rings. The van der Waals surface area contributed by atoms with Gasteiger partial charge < -0.3 is 14.7 Å². The van der Waals surface area contributed by atoms with Gasteiger partial charge in [0.2, 0.25) is 11.8 Å². The SMILES string of the molecule is CN(Cc1ccccc1Cl)C(=O)[C@@]1(c2ccc(Cl)c(Cl)c2)C[C@H]1CN1CCC(C(=O)N2CCCCC2)(c2ccccc2)CC1. The molecule has 2 atom stereocenters. The standard InChI is InChI=1S/C36H40Cl3N3O2/c1-40(24-26-10-6-7-13-30(26)37)34(44)36(28-14-15-31(38)32(39)22-28)23-29(36)25-41-20-16-35(17-21-41,27-11-4-2-5-12-27)33(43)42-18-8-3-9-19-42/h2,4-7,10-15,22,29H,3,8-9,16-21,23-25H2,1H3/t29-,36+/m0/s1. The predicted octanol–water partition coefficient (Wildman–Crippen LogP) is 7.61. The first-order valence-electron chi connectivity index (χ1n) is 15.8. The fourth-order valence-electron chi connectivity index (χ4n) is 7.57. The maximum Gasteiger partial charge on any atom is 0.233 e. The van der Waals surface area contributed by atoms with Crippen molar-refractivity contribution in [3.05, 3.63) is 105 Å². The molecule has 44 heavy (non-hydrogen) atoms. The van der Waals surface area contributed by atoms with Gasteiger partial charge in [-0.2, -0.15) is 0 Å². The van der Waals surface area contributed by atoms with Crippen LogP contribution in [0.1, 0.15) is 55.2 Å². The van der Waals surface area contributed by atoms with Gasteiger partial charge in [-0.25, -0.2) is 0 Å². The summed E-state index contributed by atoms with van der Waals surface area (Å²) in [6, 6.07) is 23.6. The van der Waals surface area contributed by atoms with Crippen LogP contribution in [0.15, 0.2) is 72.8 Å². The van der Waals surface area contributed by atoms with Crippen LogP contribution in [0.2, 0.25) is 15.1 Å². The summed E-state index contributed by atoms with van der Waals surface area (Å²) in [5, 5.41) is 1.58. The fourth-order valence-corrected chi connectivity index (χ4v) is 8.06. The molecule has 0 radical (unpaired) electrons. The van der Waals surface area contributed by atoms with Crippen molar-refractivity contribution in [1.29, 1.82) is 0 Å². The molecular weight excluding hydrogens is 613 g/mol. The normalized spacial score (nSPS) is 23.3. The van der Waals surface area contributed by atoms with Gasteiger partial charge in [-0.1, -0.05) is 89.4 Å². The summed E-state index contributed by atoms with van der Waals surface area (Å²) in [4.78, 5) is 34.8. The third kappa shape index (κ3) is 6.01. The maximum atomic E-state index is 14.3. The van der Waals surface area contributed by atoms with Gasteiger partial charge in [-0.15, -0.1) is 0 Å². The molecule has 3 fully saturated rings. The zero-order valence-electron chi connectivity index (χ0n) is 25.3. The average Bonchev–Trinajstić information content (AvgIpc) is 3.78. The van der Waals surface area contributed by atoms with Crippen LogP contribution in [-0.2, 0) is 27.0 Å². The van der Waals surface area contributed by atoms with E-state index in [1.165, 1.54) is 6.42 Å². The van der Waals surface area contributed by atoms with Crippen LogP contribution in [0, 0.1) is 5.92 Å². The summed E-state index contributed by atoms with van der Waals surface area (Å²) < 4.78 is 0. The van der Waals surface area contributed by atoms with E-state index in [-0.39, 0.29) is 17.7 Å². The minimum Gasteiger partial charge on any atom is -0.342 e. The zero-order chi connectivity index (χ0) is 30.9. The first kappa shape index (κ1) is 31.4. The summed E-state index contributed by atoms with van der Waals surface area (Å²) in [6.07, 6.45) is 5.66. The molecule has 1 aliphatic carbocycles. The highest BCUT2D eigenvalue weighted by Crippen LogP contribution is 2.57. The van der Waals surface area contributed by atoms with Gasteiger partial charge in [0.15, 0.2) is 0 Å². The van der Waals surface area contributed by atoms with E-state index in [2.05, 4.69) is 21.9 Å². The number of carbonyl (C=O) groups is 2. The van der Waals surface area contributed by atoms with Crippen LogP contribution >= 0.6 is 34.8 Å². The Morgan fingerprint density at radius 1 is 0.795 bits per heavy atom. The predicted molar refractivity (Wildman–Crippen MR) is 178 cm³/mol. The number of rotatable bonds is 8. The van der Waals surface area contributed by atoms with E-state index >= 15 is 0 Å². The second-order valence-electron chi connectivity index (χ2n) is 12.9. The van der Waals surface area contributed by atoms with Gasteiger partial charge in [0, 0.05) is 38.2 Å². The molecule has 8 heteroatoms. The van der Waals surface area contributed by atoms with Crippen molar-refractivity contribution in [3.8, 4) is 0 Å². The van der Waals surface area contributed by atoms with Crippen LogP contribution in [0.4, 0.5) is 0 Å². The summed E-state index contributed by atoms with van der Waals surface area (Å²) in [5.41, 5.74) is 1.77. The molecule has 6 rings (SSSR count). The zero-order valence-corrected chi connectivity index (χ0v) is 27.6. The quantitative estimate of drug-likeness (QED) is 0.252. The molecule has 1 saturated carbocycles. The number of benzene rings is 3. The Morgan fingerprint density at radius 3 is 2.16 bits per heavy atom. The van der Waals surface area contributed by atoms with Crippen molar-refractivity contribution in [3.63, 3.8) is 0 Å². The van der Waals surface area contributed by atoms with Crippen LogP contribution < -0.4 is 0 Å². The van der Waals surface area contributed by atoms with Crippen molar-refractivity contribution in [1.82, 2.24) is 14.7 Å². The molecule has 0 N–H and O–H groups in total. The molecule has 3 aromatic rings. The molecule has 2 amide bonds. The summed E-state index contributed by atoms with van der Waals surface area (Å²) >= 11 is 19.2. The topological polar surface area (TPSA) is 43.9 Å². The summed E-state index contributed by atoms with van der Waals surface area (Å²) in [7, 11) is 1.85. The first-order chi connectivity index (χ1) is 21.2. The second kappa shape index (κ2) is 13.0. The fraction of sp³-hybridized carbons (Fsp3) is 0.444. The number of piperidine rings is 2. The number of hydrogen-bond donors (Lipinski definition) is 0. The van der Waals surface area contributed by atoms with Gasteiger partial charge in [-0.05, 0) is 92.4 Å². The minimum absolute atomic E-state index is 0.0664.